The van der Waals surface area contributed by atoms with Gasteiger partial charge in [-0.15, -0.1) is 0 Å². The van der Waals surface area contributed by atoms with Crippen molar-refractivity contribution in [3.05, 3.63) is 0 Å². The summed E-state index contributed by atoms with van der Waals surface area (Å²) in [5.74, 6) is 1.51. The lowest BCUT2D eigenvalue weighted by atomic mass is 9.88. The van der Waals surface area contributed by atoms with E-state index in [0.29, 0.717) is 31.5 Å². The van der Waals surface area contributed by atoms with Crippen LogP contribution in [0.15, 0.2) is 0 Å². The summed E-state index contributed by atoms with van der Waals surface area (Å²) < 4.78 is 22.9. The van der Waals surface area contributed by atoms with Gasteiger partial charge in [0.2, 0.25) is 0 Å². The van der Waals surface area contributed by atoms with E-state index in [-0.39, 0.29) is 23.1 Å². The molecule has 0 aromatic heterocycles. The van der Waals surface area contributed by atoms with Crippen molar-refractivity contribution in [2.75, 3.05) is 44.2 Å². The summed E-state index contributed by atoms with van der Waals surface area (Å²) in [6.45, 7) is 12.2. The van der Waals surface area contributed by atoms with Gasteiger partial charge < -0.3 is 10.2 Å². The Balaban J connectivity index is 1.85. The Hall–Kier alpha value is -0.820. The maximum atomic E-state index is 12.3. The molecule has 23 heavy (non-hydrogen) atoms. The van der Waals surface area contributed by atoms with Crippen LogP contribution in [0, 0.1) is 11.8 Å². The molecule has 6 nitrogen and oxygen atoms in total. The first-order valence-corrected chi connectivity index (χ1v) is 10.4. The molecule has 2 atom stereocenters. The molecule has 2 amide bonds. The highest BCUT2D eigenvalue weighted by atomic mass is 32.2. The number of nitrogens with one attached hydrogen (secondary N) is 1. The molecule has 0 spiro atoms. The average Bonchev–Trinajstić information content (AvgIpc) is 2.44. The smallest absolute Gasteiger partial charge is 0.317 e. The van der Waals surface area contributed by atoms with E-state index >= 15 is 0 Å². The summed E-state index contributed by atoms with van der Waals surface area (Å²) in [6, 6.07) is -0.147. The number of piperidine rings is 1. The van der Waals surface area contributed by atoms with E-state index < -0.39 is 9.84 Å². The maximum absolute atomic E-state index is 12.3. The van der Waals surface area contributed by atoms with Gasteiger partial charge in [-0.2, -0.15) is 0 Å². The number of amides is 2. The van der Waals surface area contributed by atoms with Gasteiger partial charge in [0.15, 0.2) is 9.84 Å². The summed E-state index contributed by atoms with van der Waals surface area (Å²) in [5.41, 5.74) is -0.0968. The Labute approximate surface area is 140 Å². The fourth-order valence-corrected chi connectivity index (χ4v) is 4.79. The zero-order chi connectivity index (χ0) is 17.3. The van der Waals surface area contributed by atoms with Crippen molar-refractivity contribution >= 4 is 15.9 Å². The molecule has 2 rings (SSSR count). The van der Waals surface area contributed by atoms with Gasteiger partial charge in [-0.05, 0) is 32.1 Å². The Bertz CT molecular complexity index is 509. The van der Waals surface area contributed by atoms with E-state index in [4.69, 9.17) is 0 Å². The van der Waals surface area contributed by atoms with Crippen LogP contribution in [0.3, 0.4) is 0 Å². The molecule has 0 aromatic carbocycles. The Morgan fingerprint density at radius 3 is 2.17 bits per heavy atom. The minimum Gasteiger partial charge on any atom is -0.336 e. The predicted molar refractivity (Wildman–Crippen MR) is 92.2 cm³/mol. The summed E-state index contributed by atoms with van der Waals surface area (Å²) in [5, 5.41) is 3.00. The molecule has 2 saturated heterocycles. The molecule has 0 radical (unpaired) electrons. The number of carbonyl (C=O) groups excluding carboxylic acids is 1. The molecular weight excluding hydrogens is 314 g/mol. The third-order valence-corrected chi connectivity index (χ3v) is 6.64. The SMILES string of the molecule is C[C@@H]1C[C@@H](C)CN(C(C)(C)CNC(=O)N2CCS(=O)(=O)CC2)C1. The van der Waals surface area contributed by atoms with Crippen molar-refractivity contribution < 1.29 is 13.2 Å². The van der Waals surface area contributed by atoms with Crippen LogP contribution < -0.4 is 5.32 Å². The molecule has 2 heterocycles. The molecule has 1 N–H and O–H groups in total. The molecule has 2 fully saturated rings. The zero-order valence-corrected chi connectivity index (χ0v) is 15.7. The normalized spacial score (nSPS) is 29.3. The molecule has 0 saturated carbocycles. The van der Waals surface area contributed by atoms with Crippen LogP contribution in [0.1, 0.15) is 34.1 Å². The molecule has 7 heteroatoms. The number of hydrogen-bond acceptors (Lipinski definition) is 4. The predicted octanol–water partition coefficient (Wildman–Crippen LogP) is 1.18. The van der Waals surface area contributed by atoms with Gasteiger partial charge >= 0.3 is 6.03 Å². The molecule has 0 bridgehead atoms. The number of rotatable bonds is 3. The largest absolute Gasteiger partial charge is 0.336 e. The van der Waals surface area contributed by atoms with E-state index in [9.17, 15) is 13.2 Å². The second kappa shape index (κ2) is 6.97. The molecule has 0 aromatic rings. The van der Waals surface area contributed by atoms with Gasteiger partial charge in [-0.3, -0.25) is 4.90 Å². The zero-order valence-electron chi connectivity index (χ0n) is 14.8. The van der Waals surface area contributed by atoms with Gasteiger partial charge in [0.05, 0.1) is 11.5 Å². The summed E-state index contributed by atoms with van der Waals surface area (Å²) in [7, 11) is -2.95. The van der Waals surface area contributed by atoms with E-state index in [0.717, 1.165) is 13.1 Å². The first kappa shape index (κ1) is 18.5. The van der Waals surface area contributed by atoms with Crippen molar-refractivity contribution in [3.63, 3.8) is 0 Å². The van der Waals surface area contributed by atoms with Crippen molar-refractivity contribution in [2.24, 2.45) is 11.8 Å². The number of carbonyl (C=O) groups is 1. The number of likely N-dealkylation sites (tertiary alicyclic amines) is 1. The van der Waals surface area contributed by atoms with Crippen LogP contribution in [-0.4, -0.2) is 74.0 Å². The summed E-state index contributed by atoms with van der Waals surface area (Å²) in [6.07, 6.45) is 1.27. The van der Waals surface area contributed by atoms with Crippen LogP contribution >= 0.6 is 0 Å². The Morgan fingerprint density at radius 2 is 1.65 bits per heavy atom. The number of nitrogens with zero attached hydrogens (tertiary/aromatic N) is 2. The van der Waals surface area contributed by atoms with Gasteiger partial charge in [0.25, 0.3) is 0 Å². The minimum atomic E-state index is -2.95. The highest BCUT2D eigenvalue weighted by Crippen LogP contribution is 2.26. The first-order chi connectivity index (χ1) is 10.6. The van der Waals surface area contributed by atoms with E-state index in [1.807, 2.05) is 0 Å². The van der Waals surface area contributed by atoms with Gasteiger partial charge in [-0.1, -0.05) is 13.8 Å². The fourth-order valence-electron chi connectivity index (χ4n) is 3.59. The van der Waals surface area contributed by atoms with Crippen molar-refractivity contribution in [1.29, 1.82) is 0 Å². The first-order valence-electron chi connectivity index (χ1n) is 8.57. The number of sulfone groups is 1. The van der Waals surface area contributed by atoms with Gasteiger partial charge in [0.1, 0.15) is 0 Å². The molecule has 2 aliphatic heterocycles. The molecular formula is C16H31N3O3S. The number of hydrogen-bond donors (Lipinski definition) is 1. The molecule has 2 aliphatic rings. The standard InChI is InChI=1S/C16H31N3O3S/c1-13-9-14(2)11-19(10-13)16(3,4)12-17-15(20)18-5-7-23(21,22)8-6-18/h13-14H,5-12H2,1-4H3,(H,17,20)/t13-,14-/m1/s1. The van der Waals surface area contributed by atoms with Crippen LogP contribution in [0.5, 0.6) is 0 Å². The van der Waals surface area contributed by atoms with Crippen molar-refractivity contribution in [3.8, 4) is 0 Å². The van der Waals surface area contributed by atoms with E-state index in [2.05, 4.69) is 37.9 Å². The van der Waals surface area contributed by atoms with E-state index in [1.54, 1.807) is 4.90 Å². The third kappa shape index (κ3) is 5.08. The van der Waals surface area contributed by atoms with Gasteiger partial charge in [-0.25, -0.2) is 13.2 Å². The lowest BCUT2D eigenvalue weighted by Gasteiger charge is -2.45. The lowest BCUT2D eigenvalue weighted by Crippen LogP contribution is -2.58. The summed E-state index contributed by atoms with van der Waals surface area (Å²) in [4.78, 5) is 16.3. The van der Waals surface area contributed by atoms with Crippen LogP contribution in [-0.2, 0) is 9.84 Å². The van der Waals surface area contributed by atoms with Crippen LogP contribution in [0.2, 0.25) is 0 Å². The Morgan fingerprint density at radius 1 is 1.13 bits per heavy atom. The lowest BCUT2D eigenvalue weighted by molar-refractivity contribution is 0.0464. The fraction of sp³-hybridized carbons (Fsp3) is 0.938. The quantitative estimate of drug-likeness (QED) is 0.834. The van der Waals surface area contributed by atoms with Crippen molar-refractivity contribution in [2.45, 2.75) is 39.7 Å². The van der Waals surface area contributed by atoms with E-state index in [1.165, 1.54) is 6.42 Å². The summed E-state index contributed by atoms with van der Waals surface area (Å²) >= 11 is 0. The maximum Gasteiger partial charge on any atom is 0.317 e. The van der Waals surface area contributed by atoms with Crippen molar-refractivity contribution in [1.82, 2.24) is 15.1 Å². The highest BCUT2D eigenvalue weighted by molar-refractivity contribution is 7.91. The monoisotopic (exact) mass is 345 g/mol. The second-order valence-electron chi connectivity index (χ2n) is 7.96. The van der Waals surface area contributed by atoms with Crippen LogP contribution in [0.25, 0.3) is 0 Å². The van der Waals surface area contributed by atoms with Gasteiger partial charge in [0, 0.05) is 38.3 Å². The topological polar surface area (TPSA) is 69.7 Å². The molecule has 0 aliphatic carbocycles. The molecule has 0 unspecified atom stereocenters. The molecule has 134 valence electrons. The second-order valence-corrected chi connectivity index (χ2v) is 10.3. The third-order valence-electron chi connectivity index (χ3n) is 5.03. The average molecular weight is 346 g/mol. The Kier molecular flexibility index (Phi) is 5.61. The highest BCUT2D eigenvalue weighted by Gasteiger charge is 2.33. The minimum absolute atomic E-state index is 0.0744. The number of urea groups is 1. The van der Waals surface area contributed by atoms with Crippen LogP contribution in [0.4, 0.5) is 4.79 Å².